The summed E-state index contributed by atoms with van der Waals surface area (Å²) < 4.78 is 26.6. The first-order chi connectivity index (χ1) is 11.0. The van der Waals surface area contributed by atoms with E-state index in [-0.39, 0.29) is 40.4 Å². The summed E-state index contributed by atoms with van der Waals surface area (Å²) in [7, 11) is 0. The molecule has 0 amide bonds. The van der Waals surface area contributed by atoms with Crippen LogP contribution in [0.3, 0.4) is 0 Å². The minimum atomic E-state index is -0.888. The fourth-order valence-corrected chi connectivity index (χ4v) is 1.96. The molecule has 0 atom stereocenters. The Labute approximate surface area is 130 Å². The van der Waals surface area contributed by atoms with Gasteiger partial charge < -0.3 is 11.1 Å². The van der Waals surface area contributed by atoms with Crippen LogP contribution in [0.5, 0.6) is 0 Å². The van der Waals surface area contributed by atoms with Gasteiger partial charge in [-0.05, 0) is 12.1 Å². The fourth-order valence-electron chi connectivity index (χ4n) is 1.96. The summed E-state index contributed by atoms with van der Waals surface area (Å²) in [6.45, 7) is 0. The smallest absolute Gasteiger partial charge is 0.151 e. The highest BCUT2D eigenvalue weighted by Gasteiger charge is 2.19. The molecule has 0 unspecified atom stereocenters. The molecule has 3 N–H and O–H groups in total. The van der Waals surface area contributed by atoms with Crippen LogP contribution < -0.4 is 11.1 Å². The number of halogens is 2. The molecule has 0 saturated heterocycles. The van der Waals surface area contributed by atoms with Crippen LogP contribution in [0.2, 0.25) is 0 Å². The first-order valence-electron chi connectivity index (χ1n) is 6.23. The van der Waals surface area contributed by atoms with E-state index in [1.165, 1.54) is 0 Å². The van der Waals surface area contributed by atoms with Crippen molar-refractivity contribution < 1.29 is 8.78 Å². The van der Waals surface area contributed by atoms with Gasteiger partial charge in [-0.25, -0.2) is 13.8 Å². The van der Waals surface area contributed by atoms with Crippen LogP contribution in [0.25, 0.3) is 0 Å². The summed E-state index contributed by atoms with van der Waals surface area (Å²) in [5.74, 6) is -1.95. The van der Waals surface area contributed by atoms with Crippen LogP contribution in [0.15, 0.2) is 18.2 Å². The number of anilines is 3. The molecular weight excluding hydrogens is 302 g/mol. The molecule has 0 aliphatic heterocycles. The van der Waals surface area contributed by atoms with E-state index in [0.29, 0.717) is 6.07 Å². The highest BCUT2D eigenvalue weighted by Crippen LogP contribution is 2.28. The maximum absolute atomic E-state index is 13.7. The molecule has 0 fully saturated rings. The van der Waals surface area contributed by atoms with Crippen molar-refractivity contribution >= 4 is 17.3 Å². The van der Waals surface area contributed by atoms with E-state index in [0.717, 1.165) is 12.1 Å². The molecule has 2 rings (SSSR count). The maximum Gasteiger partial charge on any atom is 0.151 e. The van der Waals surface area contributed by atoms with Crippen molar-refractivity contribution in [3.05, 3.63) is 46.5 Å². The lowest BCUT2D eigenvalue weighted by Gasteiger charge is -2.13. The summed E-state index contributed by atoms with van der Waals surface area (Å²) in [5.41, 5.74) is 5.47. The molecular formula is C15H8F2N6. The minimum absolute atomic E-state index is 0.0757. The average Bonchev–Trinajstić information content (AvgIpc) is 2.50. The van der Waals surface area contributed by atoms with Crippen LogP contribution >= 0.6 is 0 Å². The highest BCUT2D eigenvalue weighted by atomic mass is 19.1. The predicted octanol–water partition coefficient (Wildman–Crippen LogP) is 2.50. The number of pyridine rings is 1. The van der Waals surface area contributed by atoms with Crippen LogP contribution in [0, 0.1) is 45.6 Å². The normalized spacial score (nSPS) is 9.52. The lowest BCUT2D eigenvalue weighted by molar-refractivity contribution is 0.586. The Kier molecular flexibility index (Phi) is 4.35. The Balaban J connectivity index is 2.62. The molecule has 6 nitrogen and oxygen atoms in total. The molecule has 0 spiro atoms. The number of hydrogen-bond acceptors (Lipinski definition) is 6. The molecule has 0 bridgehead atoms. The topological polar surface area (TPSA) is 122 Å². The van der Waals surface area contributed by atoms with Gasteiger partial charge in [-0.15, -0.1) is 0 Å². The number of benzene rings is 1. The zero-order valence-electron chi connectivity index (χ0n) is 11.6. The monoisotopic (exact) mass is 310 g/mol. The molecule has 1 heterocycles. The van der Waals surface area contributed by atoms with Crippen LogP contribution in [0.4, 0.5) is 26.1 Å². The van der Waals surface area contributed by atoms with Gasteiger partial charge in [0, 0.05) is 11.6 Å². The second-order valence-corrected chi connectivity index (χ2v) is 4.38. The van der Waals surface area contributed by atoms with Gasteiger partial charge in [0.1, 0.15) is 35.2 Å². The summed E-state index contributed by atoms with van der Waals surface area (Å²) in [5, 5.41) is 29.8. The predicted molar refractivity (Wildman–Crippen MR) is 77.0 cm³/mol. The Morgan fingerprint density at radius 3 is 2.39 bits per heavy atom. The van der Waals surface area contributed by atoms with E-state index in [1.807, 2.05) is 12.1 Å². The minimum Gasteiger partial charge on any atom is -0.383 e. The fraction of sp³-hybridized carbons (Fsp3) is 0.0667. The highest BCUT2D eigenvalue weighted by molar-refractivity contribution is 5.71. The van der Waals surface area contributed by atoms with E-state index in [2.05, 4.69) is 10.3 Å². The molecule has 0 aliphatic rings. The Morgan fingerprint density at radius 1 is 1.13 bits per heavy atom. The number of nitrogens with zero attached hydrogens (tertiary/aromatic N) is 4. The number of aromatic nitrogens is 1. The number of nitriles is 3. The van der Waals surface area contributed by atoms with E-state index >= 15 is 0 Å². The second-order valence-electron chi connectivity index (χ2n) is 4.38. The van der Waals surface area contributed by atoms with Crippen molar-refractivity contribution in [3.63, 3.8) is 0 Å². The van der Waals surface area contributed by atoms with Gasteiger partial charge in [-0.1, -0.05) is 0 Å². The third-order valence-corrected chi connectivity index (χ3v) is 2.99. The van der Waals surface area contributed by atoms with Crippen molar-refractivity contribution in [2.45, 2.75) is 6.42 Å². The van der Waals surface area contributed by atoms with E-state index in [9.17, 15) is 14.0 Å². The lowest BCUT2D eigenvalue weighted by Crippen LogP contribution is -2.08. The second kappa shape index (κ2) is 6.38. The Morgan fingerprint density at radius 2 is 1.83 bits per heavy atom. The molecule has 112 valence electrons. The van der Waals surface area contributed by atoms with Crippen molar-refractivity contribution in [2.24, 2.45) is 0 Å². The summed E-state index contributed by atoms with van der Waals surface area (Å²) in [6.07, 6.45) is -0.237. The van der Waals surface area contributed by atoms with Crippen LogP contribution in [-0.4, -0.2) is 4.98 Å². The number of nitrogens with two attached hydrogens (primary N) is 1. The summed E-state index contributed by atoms with van der Waals surface area (Å²) >= 11 is 0. The zero-order chi connectivity index (χ0) is 17.0. The van der Waals surface area contributed by atoms with Gasteiger partial charge in [0.25, 0.3) is 0 Å². The number of rotatable bonds is 3. The van der Waals surface area contributed by atoms with E-state index in [1.54, 1.807) is 6.07 Å². The Hall–Kier alpha value is -3.70. The van der Waals surface area contributed by atoms with Crippen molar-refractivity contribution in [2.75, 3.05) is 11.1 Å². The third kappa shape index (κ3) is 2.99. The largest absolute Gasteiger partial charge is 0.383 e. The third-order valence-electron chi connectivity index (χ3n) is 2.99. The lowest BCUT2D eigenvalue weighted by atomic mass is 10.0. The van der Waals surface area contributed by atoms with Gasteiger partial charge in [-0.2, -0.15) is 15.8 Å². The van der Waals surface area contributed by atoms with Gasteiger partial charge in [0.2, 0.25) is 0 Å². The summed E-state index contributed by atoms with van der Waals surface area (Å²) in [4.78, 5) is 3.87. The quantitative estimate of drug-likeness (QED) is 0.898. The molecule has 23 heavy (non-hydrogen) atoms. The molecule has 2 aromatic rings. The van der Waals surface area contributed by atoms with E-state index in [4.69, 9.17) is 16.3 Å². The summed E-state index contributed by atoms with van der Waals surface area (Å²) in [6, 6.07) is 8.27. The van der Waals surface area contributed by atoms with E-state index < -0.39 is 11.6 Å². The standard InChI is InChI=1S/C15H8F2N6/c16-8-1-2-13(12(17)5-8)22-15-11(7-20)9(3-4-18)10(6-19)14(21)23-15/h1-2,5H,3H2,(H3,21,22,23). The zero-order valence-corrected chi connectivity index (χ0v) is 11.6. The van der Waals surface area contributed by atoms with Gasteiger partial charge in [0.05, 0.1) is 23.7 Å². The molecule has 0 radical (unpaired) electrons. The number of nitrogens with one attached hydrogen (secondary N) is 1. The molecule has 0 saturated carbocycles. The van der Waals surface area contributed by atoms with Crippen molar-refractivity contribution in [1.82, 2.24) is 4.98 Å². The van der Waals surface area contributed by atoms with Gasteiger partial charge >= 0.3 is 0 Å². The Bertz CT molecular complexity index is 902. The van der Waals surface area contributed by atoms with Crippen molar-refractivity contribution in [3.8, 4) is 18.2 Å². The first kappa shape index (κ1) is 15.7. The first-order valence-corrected chi connectivity index (χ1v) is 6.23. The van der Waals surface area contributed by atoms with Gasteiger partial charge in [0.15, 0.2) is 5.82 Å². The van der Waals surface area contributed by atoms with Crippen LogP contribution in [-0.2, 0) is 6.42 Å². The molecule has 8 heteroatoms. The number of nitrogen functional groups attached to an aromatic ring is 1. The number of hydrogen-bond donors (Lipinski definition) is 2. The average molecular weight is 310 g/mol. The molecule has 1 aromatic carbocycles. The SMILES string of the molecule is N#CCc1c(C#N)c(N)nc(Nc2ccc(F)cc2F)c1C#N. The molecule has 0 aliphatic carbocycles. The van der Waals surface area contributed by atoms with Crippen LogP contribution in [0.1, 0.15) is 16.7 Å². The van der Waals surface area contributed by atoms with Crippen molar-refractivity contribution in [1.29, 1.82) is 15.8 Å². The van der Waals surface area contributed by atoms with Gasteiger partial charge in [-0.3, -0.25) is 0 Å². The maximum atomic E-state index is 13.7. The molecule has 1 aromatic heterocycles.